The lowest BCUT2D eigenvalue weighted by Gasteiger charge is -2.06. The Morgan fingerprint density at radius 1 is 1.13 bits per heavy atom. The number of allylic oxidation sites excluding steroid dienone is 4. The Kier molecular flexibility index (Phi) is 6.63. The summed E-state index contributed by atoms with van der Waals surface area (Å²) in [6, 6.07) is 7.02. The van der Waals surface area contributed by atoms with Crippen molar-refractivity contribution in [3.05, 3.63) is 59.2 Å². The van der Waals surface area contributed by atoms with E-state index in [0.29, 0.717) is 19.5 Å². The van der Waals surface area contributed by atoms with Gasteiger partial charge < -0.3 is 16.2 Å². The maximum absolute atomic E-state index is 12.0. The fourth-order valence-corrected chi connectivity index (χ4v) is 2.37. The standard InChI is InChI=1S/C19H24N2O2/c20-12-2-1-3-13-21-19(23)17-9-6-16(14-17)5-4-15-7-10-18(22)11-8-15/h4-11,22H,1-3,12-14,20H2,(H,21,23)/b5-4+. The maximum Gasteiger partial charge on any atom is 0.247 e. The van der Waals surface area contributed by atoms with Gasteiger partial charge in [-0.15, -0.1) is 0 Å². The lowest BCUT2D eigenvalue weighted by Crippen LogP contribution is -2.25. The molecule has 122 valence electrons. The van der Waals surface area contributed by atoms with Crippen molar-refractivity contribution in [1.29, 1.82) is 0 Å². The molecule has 0 aliphatic heterocycles. The first-order valence-electron chi connectivity index (χ1n) is 8.04. The second-order valence-corrected chi connectivity index (χ2v) is 5.64. The van der Waals surface area contributed by atoms with Crippen LogP contribution in [-0.2, 0) is 4.79 Å². The van der Waals surface area contributed by atoms with Crippen molar-refractivity contribution >= 4 is 12.0 Å². The summed E-state index contributed by atoms with van der Waals surface area (Å²) in [5.41, 5.74) is 8.36. The van der Waals surface area contributed by atoms with Gasteiger partial charge in [-0.2, -0.15) is 0 Å². The molecule has 4 nitrogen and oxygen atoms in total. The molecule has 1 aromatic carbocycles. The monoisotopic (exact) mass is 312 g/mol. The minimum atomic E-state index is 0.0158. The number of rotatable bonds is 8. The van der Waals surface area contributed by atoms with Gasteiger partial charge in [0, 0.05) is 18.5 Å². The van der Waals surface area contributed by atoms with E-state index in [-0.39, 0.29) is 11.7 Å². The van der Waals surface area contributed by atoms with E-state index in [1.165, 1.54) is 0 Å². The molecular weight excluding hydrogens is 288 g/mol. The molecule has 0 spiro atoms. The molecule has 0 atom stereocenters. The molecule has 2 rings (SSSR count). The molecule has 1 aromatic rings. The van der Waals surface area contributed by atoms with E-state index in [0.717, 1.165) is 36.0 Å². The number of amides is 1. The fraction of sp³-hybridized carbons (Fsp3) is 0.316. The summed E-state index contributed by atoms with van der Waals surface area (Å²) in [7, 11) is 0. The Balaban J connectivity index is 1.74. The van der Waals surface area contributed by atoms with Gasteiger partial charge in [0.15, 0.2) is 0 Å². The Morgan fingerprint density at radius 2 is 1.91 bits per heavy atom. The summed E-state index contributed by atoms with van der Waals surface area (Å²) in [5.74, 6) is 0.274. The molecular formula is C19H24N2O2. The number of benzene rings is 1. The molecule has 1 amide bonds. The van der Waals surface area contributed by atoms with Crippen LogP contribution in [0, 0.1) is 0 Å². The minimum Gasteiger partial charge on any atom is -0.508 e. The molecule has 0 saturated heterocycles. The minimum absolute atomic E-state index is 0.0158. The lowest BCUT2D eigenvalue weighted by molar-refractivity contribution is -0.117. The first-order chi connectivity index (χ1) is 11.2. The fourth-order valence-electron chi connectivity index (χ4n) is 2.37. The molecule has 0 heterocycles. The summed E-state index contributed by atoms with van der Waals surface area (Å²) >= 11 is 0. The summed E-state index contributed by atoms with van der Waals surface area (Å²) in [6.07, 6.45) is 11.5. The second kappa shape index (κ2) is 8.96. The third kappa shape index (κ3) is 5.75. The Labute approximate surface area is 137 Å². The van der Waals surface area contributed by atoms with Gasteiger partial charge in [-0.05, 0) is 42.7 Å². The molecule has 23 heavy (non-hydrogen) atoms. The first kappa shape index (κ1) is 17.0. The molecule has 0 fully saturated rings. The molecule has 0 aromatic heterocycles. The van der Waals surface area contributed by atoms with E-state index in [2.05, 4.69) is 5.32 Å². The average molecular weight is 312 g/mol. The van der Waals surface area contributed by atoms with Crippen LogP contribution >= 0.6 is 0 Å². The molecule has 0 radical (unpaired) electrons. The van der Waals surface area contributed by atoms with Gasteiger partial charge in [-0.3, -0.25) is 4.79 Å². The van der Waals surface area contributed by atoms with E-state index in [9.17, 15) is 9.90 Å². The quantitative estimate of drug-likeness (QED) is 0.646. The van der Waals surface area contributed by atoms with Crippen molar-refractivity contribution in [1.82, 2.24) is 5.32 Å². The van der Waals surface area contributed by atoms with Gasteiger partial charge in [0.05, 0.1) is 0 Å². The highest BCUT2D eigenvalue weighted by Crippen LogP contribution is 2.21. The number of unbranched alkanes of at least 4 members (excludes halogenated alkanes) is 2. The van der Waals surface area contributed by atoms with Crippen LogP contribution in [0.3, 0.4) is 0 Å². The second-order valence-electron chi connectivity index (χ2n) is 5.64. The number of phenolic OH excluding ortho intramolecular Hbond substituents is 1. The van der Waals surface area contributed by atoms with Gasteiger partial charge in [-0.1, -0.05) is 42.9 Å². The van der Waals surface area contributed by atoms with Gasteiger partial charge in [0.2, 0.25) is 5.91 Å². The topological polar surface area (TPSA) is 75.3 Å². The zero-order valence-corrected chi connectivity index (χ0v) is 13.3. The number of nitrogens with two attached hydrogens (primary N) is 1. The van der Waals surface area contributed by atoms with Crippen LogP contribution in [0.4, 0.5) is 0 Å². The van der Waals surface area contributed by atoms with Crippen molar-refractivity contribution in [3.63, 3.8) is 0 Å². The van der Waals surface area contributed by atoms with Crippen LogP contribution in [0.2, 0.25) is 0 Å². The van der Waals surface area contributed by atoms with E-state index < -0.39 is 0 Å². The van der Waals surface area contributed by atoms with Gasteiger partial charge >= 0.3 is 0 Å². The van der Waals surface area contributed by atoms with Crippen LogP contribution in [0.1, 0.15) is 31.2 Å². The molecule has 1 aliphatic carbocycles. The number of carbonyl (C=O) groups is 1. The van der Waals surface area contributed by atoms with Gasteiger partial charge in [-0.25, -0.2) is 0 Å². The lowest BCUT2D eigenvalue weighted by atomic mass is 10.1. The van der Waals surface area contributed by atoms with Crippen molar-refractivity contribution in [2.24, 2.45) is 5.73 Å². The van der Waals surface area contributed by atoms with E-state index >= 15 is 0 Å². The van der Waals surface area contributed by atoms with Crippen molar-refractivity contribution in [3.8, 4) is 5.75 Å². The summed E-state index contributed by atoms with van der Waals surface area (Å²) in [6.45, 7) is 1.41. The Bertz CT molecular complexity index is 613. The number of carbonyl (C=O) groups excluding carboxylic acids is 1. The van der Waals surface area contributed by atoms with E-state index in [4.69, 9.17) is 5.73 Å². The number of hydrogen-bond acceptors (Lipinski definition) is 3. The summed E-state index contributed by atoms with van der Waals surface area (Å²) in [5, 5.41) is 12.2. The summed E-state index contributed by atoms with van der Waals surface area (Å²) in [4.78, 5) is 12.0. The molecule has 0 bridgehead atoms. The van der Waals surface area contributed by atoms with E-state index in [1.807, 2.05) is 36.4 Å². The van der Waals surface area contributed by atoms with Crippen LogP contribution in [-0.4, -0.2) is 24.1 Å². The third-order valence-corrected chi connectivity index (χ3v) is 3.73. The number of hydrogen-bond donors (Lipinski definition) is 3. The molecule has 4 N–H and O–H groups in total. The number of nitrogens with one attached hydrogen (secondary N) is 1. The van der Waals surface area contributed by atoms with E-state index in [1.54, 1.807) is 12.1 Å². The Hall–Kier alpha value is -2.33. The normalized spacial score (nSPS) is 14.0. The summed E-state index contributed by atoms with van der Waals surface area (Å²) < 4.78 is 0. The largest absolute Gasteiger partial charge is 0.508 e. The first-order valence-corrected chi connectivity index (χ1v) is 8.04. The molecule has 4 heteroatoms. The van der Waals surface area contributed by atoms with Crippen molar-refractivity contribution in [2.75, 3.05) is 13.1 Å². The van der Waals surface area contributed by atoms with Crippen molar-refractivity contribution in [2.45, 2.75) is 25.7 Å². The Morgan fingerprint density at radius 3 is 2.65 bits per heavy atom. The predicted molar refractivity (Wildman–Crippen MR) is 93.8 cm³/mol. The SMILES string of the molecule is NCCCCCNC(=O)C1=CC=C(/C=C/c2ccc(O)cc2)C1. The third-order valence-electron chi connectivity index (χ3n) is 3.73. The maximum atomic E-state index is 12.0. The van der Waals surface area contributed by atoms with Crippen LogP contribution < -0.4 is 11.1 Å². The number of aromatic hydroxyl groups is 1. The highest BCUT2D eigenvalue weighted by Gasteiger charge is 2.13. The highest BCUT2D eigenvalue weighted by molar-refractivity contribution is 5.95. The molecule has 0 saturated carbocycles. The highest BCUT2D eigenvalue weighted by atomic mass is 16.3. The zero-order valence-electron chi connectivity index (χ0n) is 13.3. The average Bonchev–Trinajstić information content (AvgIpc) is 3.03. The molecule has 1 aliphatic rings. The predicted octanol–water partition coefficient (Wildman–Crippen LogP) is 2.91. The van der Waals surface area contributed by atoms with Gasteiger partial charge in [0.25, 0.3) is 0 Å². The molecule has 0 unspecified atom stereocenters. The number of phenols is 1. The van der Waals surface area contributed by atoms with Crippen LogP contribution in [0.15, 0.2) is 53.6 Å². The van der Waals surface area contributed by atoms with Crippen LogP contribution in [0.25, 0.3) is 6.08 Å². The smallest absolute Gasteiger partial charge is 0.247 e. The van der Waals surface area contributed by atoms with Gasteiger partial charge in [0.1, 0.15) is 5.75 Å². The van der Waals surface area contributed by atoms with Crippen molar-refractivity contribution < 1.29 is 9.90 Å². The van der Waals surface area contributed by atoms with Crippen LogP contribution in [0.5, 0.6) is 5.75 Å². The zero-order chi connectivity index (χ0) is 16.5.